The van der Waals surface area contributed by atoms with Crippen molar-refractivity contribution in [2.24, 2.45) is 0 Å². The number of aromatic hydroxyl groups is 1. The van der Waals surface area contributed by atoms with Gasteiger partial charge in [0, 0.05) is 29.7 Å². The van der Waals surface area contributed by atoms with Crippen molar-refractivity contribution in [3.8, 4) is 16.9 Å². The lowest BCUT2D eigenvalue weighted by Gasteiger charge is -2.10. The molecule has 134 valence electrons. The molecule has 1 amide bonds. The largest absolute Gasteiger partial charge is 0.507 e. The Balaban J connectivity index is 2.06. The van der Waals surface area contributed by atoms with Gasteiger partial charge < -0.3 is 10.4 Å². The van der Waals surface area contributed by atoms with Gasteiger partial charge in [0.1, 0.15) is 17.4 Å². The first-order chi connectivity index (χ1) is 12.0. The van der Waals surface area contributed by atoms with Crippen LogP contribution >= 0.6 is 21.6 Å². The van der Waals surface area contributed by atoms with Crippen molar-refractivity contribution in [1.82, 2.24) is 5.32 Å². The third-order valence-electron chi connectivity index (χ3n) is 3.33. The highest BCUT2D eigenvalue weighted by Gasteiger charge is 2.14. The van der Waals surface area contributed by atoms with E-state index in [0.717, 1.165) is 30.1 Å². The summed E-state index contributed by atoms with van der Waals surface area (Å²) in [5.74, 6) is -0.189. The molecule has 0 aliphatic carbocycles. The summed E-state index contributed by atoms with van der Waals surface area (Å²) in [7, 11) is 3.43. The van der Waals surface area contributed by atoms with E-state index in [-0.39, 0.29) is 16.9 Å². The molecule has 3 nitrogen and oxygen atoms in total. The molecule has 0 unspecified atom stereocenters. The van der Waals surface area contributed by atoms with Crippen LogP contribution in [0.5, 0.6) is 5.75 Å². The van der Waals surface area contributed by atoms with E-state index in [1.165, 1.54) is 24.3 Å². The third-order valence-corrected chi connectivity index (χ3v) is 5.94. The number of nitrogens with one attached hydrogen (secondary N) is 1. The van der Waals surface area contributed by atoms with Crippen LogP contribution in [-0.4, -0.2) is 29.1 Å². The molecule has 2 aromatic rings. The molecule has 0 saturated carbocycles. The molecule has 0 aliphatic rings. The minimum absolute atomic E-state index is 0.0624. The molecule has 0 saturated heterocycles. The second kappa shape index (κ2) is 9.68. The van der Waals surface area contributed by atoms with Crippen molar-refractivity contribution >= 4 is 27.5 Å². The van der Waals surface area contributed by atoms with Crippen LogP contribution in [0.15, 0.2) is 36.4 Å². The van der Waals surface area contributed by atoms with E-state index in [9.17, 15) is 18.7 Å². The minimum atomic E-state index is -0.721. The summed E-state index contributed by atoms with van der Waals surface area (Å²) in [5, 5.41) is 12.6. The molecule has 7 heteroatoms. The highest BCUT2D eigenvalue weighted by atomic mass is 33.1. The van der Waals surface area contributed by atoms with Crippen LogP contribution in [0.1, 0.15) is 23.7 Å². The molecule has 0 atom stereocenters. The Labute approximate surface area is 153 Å². The summed E-state index contributed by atoms with van der Waals surface area (Å²) >= 11 is 0. The lowest BCUT2D eigenvalue weighted by Crippen LogP contribution is -2.25. The fourth-order valence-electron chi connectivity index (χ4n) is 2.11. The molecule has 0 heterocycles. The van der Waals surface area contributed by atoms with Gasteiger partial charge >= 0.3 is 0 Å². The average molecular weight is 383 g/mol. The zero-order valence-corrected chi connectivity index (χ0v) is 15.4. The molecule has 0 spiro atoms. The molecule has 2 aromatic carbocycles. The quantitative estimate of drug-likeness (QED) is 0.505. The van der Waals surface area contributed by atoms with Crippen LogP contribution in [0, 0.1) is 11.6 Å². The van der Waals surface area contributed by atoms with E-state index >= 15 is 0 Å². The number of benzene rings is 2. The maximum absolute atomic E-state index is 13.9. The number of phenols is 1. The molecule has 25 heavy (non-hydrogen) atoms. The van der Waals surface area contributed by atoms with E-state index in [2.05, 4.69) is 12.2 Å². The standard InChI is InChI=1S/C18H19F2NO2S2/c1-2-8-24-25-9-7-21-18(23)15-10-12(3-6-17(15)22)14-5-4-13(19)11-16(14)20/h3-6,10-11,22H,2,7-9H2,1H3,(H,21,23). The summed E-state index contributed by atoms with van der Waals surface area (Å²) in [6, 6.07) is 7.46. The van der Waals surface area contributed by atoms with Gasteiger partial charge in [-0.05, 0) is 36.2 Å². The van der Waals surface area contributed by atoms with Crippen molar-refractivity contribution in [3.63, 3.8) is 0 Å². The van der Waals surface area contributed by atoms with Gasteiger partial charge in [-0.15, -0.1) is 0 Å². The first kappa shape index (κ1) is 19.6. The number of hydrogen-bond acceptors (Lipinski definition) is 4. The number of hydrogen-bond donors (Lipinski definition) is 2. The molecule has 0 aromatic heterocycles. The molecular formula is C18H19F2NO2S2. The lowest BCUT2D eigenvalue weighted by atomic mass is 10.0. The summed E-state index contributed by atoms with van der Waals surface area (Å²) in [6.45, 7) is 2.57. The van der Waals surface area contributed by atoms with Crippen LogP contribution < -0.4 is 5.32 Å². The zero-order chi connectivity index (χ0) is 18.2. The molecule has 0 fully saturated rings. The van der Waals surface area contributed by atoms with Crippen molar-refractivity contribution in [3.05, 3.63) is 53.6 Å². The van der Waals surface area contributed by atoms with Crippen LogP contribution in [0.2, 0.25) is 0 Å². The van der Waals surface area contributed by atoms with Crippen LogP contribution in [-0.2, 0) is 0 Å². The number of amides is 1. The summed E-state index contributed by atoms with van der Waals surface area (Å²) in [6.07, 6.45) is 1.10. The van der Waals surface area contributed by atoms with Gasteiger partial charge in [-0.3, -0.25) is 4.79 Å². The van der Waals surface area contributed by atoms with E-state index in [0.29, 0.717) is 12.1 Å². The van der Waals surface area contributed by atoms with Crippen LogP contribution in [0.25, 0.3) is 11.1 Å². The normalized spacial score (nSPS) is 10.7. The van der Waals surface area contributed by atoms with E-state index < -0.39 is 17.5 Å². The monoisotopic (exact) mass is 383 g/mol. The summed E-state index contributed by atoms with van der Waals surface area (Å²) < 4.78 is 26.9. The van der Waals surface area contributed by atoms with Crippen LogP contribution in [0.3, 0.4) is 0 Å². The number of phenolic OH excluding ortho intramolecular Hbond substituents is 1. The second-order valence-corrected chi connectivity index (χ2v) is 7.96. The predicted molar refractivity (Wildman–Crippen MR) is 101 cm³/mol. The van der Waals surface area contributed by atoms with E-state index in [4.69, 9.17) is 0 Å². The Hall–Kier alpha value is -1.73. The number of carbonyl (C=O) groups excluding carboxylic acids is 1. The molecule has 2 rings (SSSR count). The van der Waals surface area contributed by atoms with Gasteiger partial charge in [0.25, 0.3) is 5.91 Å². The molecule has 0 bridgehead atoms. The first-order valence-corrected chi connectivity index (χ1v) is 10.3. The third kappa shape index (κ3) is 5.64. The van der Waals surface area contributed by atoms with Gasteiger partial charge in [-0.2, -0.15) is 0 Å². The summed E-state index contributed by atoms with van der Waals surface area (Å²) in [5.41, 5.74) is 0.628. The maximum atomic E-state index is 13.9. The Bertz CT molecular complexity index is 741. The fraction of sp³-hybridized carbons (Fsp3) is 0.278. The molecule has 2 N–H and O–H groups in total. The zero-order valence-electron chi connectivity index (χ0n) is 13.7. The lowest BCUT2D eigenvalue weighted by molar-refractivity contribution is 0.0953. The van der Waals surface area contributed by atoms with Crippen molar-refractivity contribution in [1.29, 1.82) is 0 Å². The fourth-order valence-corrected chi connectivity index (χ4v) is 4.16. The predicted octanol–water partition coefficient (Wildman–Crippen LogP) is 4.86. The van der Waals surface area contributed by atoms with E-state index in [1.54, 1.807) is 21.6 Å². The van der Waals surface area contributed by atoms with Crippen molar-refractivity contribution < 1.29 is 18.7 Å². The topological polar surface area (TPSA) is 49.3 Å². The van der Waals surface area contributed by atoms with Crippen molar-refractivity contribution in [2.45, 2.75) is 13.3 Å². The van der Waals surface area contributed by atoms with Crippen molar-refractivity contribution in [2.75, 3.05) is 18.1 Å². The minimum Gasteiger partial charge on any atom is -0.507 e. The summed E-state index contributed by atoms with van der Waals surface area (Å²) in [4.78, 5) is 12.2. The number of halogens is 2. The average Bonchev–Trinajstić information content (AvgIpc) is 2.58. The van der Waals surface area contributed by atoms with E-state index in [1.807, 2.05) is 0 Å². The smallest absolute Gasteiger partial charge is 0.255 e. The maximum Gasteiger partial charge on any atom is 0.255 e. The Morgan fingerprint density at radius 2 is 1.88 bits per heavy atom. The number of carbonyl (C=O) groups is 1. The Morgan fingerprint density at radius 1 is 1.12 bits per heavy atom. The second-order valence-electron chi connectivity index (χ2n) is 5.26. The number of rotatable bonds is 8. The van der Waals surface area contributed by atoms with Gasteiger partial charge in [0.05, 0.1) is 5.56 Å². The molecular weight excluding hydrogens is 364 g/mol. The Kier molecular flexibility index (Phi) is 7.58. The van der Waals surface area contributed by atoms with Gasteiger partial charge in [0.15, 0.2) is 0 Å². The molecule has 0 radical (unpaired) electrons. The first-order valence-electron chi connectivity index (χ1n) is 7.84. The van der Waals surface area contributed by atoms with Gasteiger partial charge in [-0.1, -0.05) is 34.6 Å². The SMILES string of the molecule is CCCSSCCNC(=O)c1cc(-c2ccc(F)cc2F)ccc1O. The highest BCUT2D eigenvalue weighted by molar-refractivity contribution is 8.76. The highest BCUT2D eigenvalue weighted by Crippen LogP contribution is 2.28. The van der Waals surface area contributed by atoms with Crippen LogP contribution in [0.4, 0.5) is 8.78 Å². The molecule has 0 aliphatic heterocycles. The van der Waals surface area contributed by atoms with Gasteiger partial charge in [-0.25, -0.2) is 8.78 Å². The van der Waals surface area contributed by atoms with Gasteiger partial charge in [0.2, 0.25) is 0 Å². The Morgan fingerprint density at radius 3 is 2.60 bits per heavy atom.